The Kier molecular flexibility index (Phi) is 6.83. The van der Waals surface area contributed by atoms with E-state index in [9.17, 15) is 4.79 Å². The van der Waals surface area contributed by atoms with Gasteiger partial charge in [0.2, 0.25) is 0 Å². The molecule has 0 spiro atoms. The molecule has 0 saturated heterocycles. The van der Waals surface area contributed by atoms with E-state index < -0.39 is 5.41 Å². The number of rotatable bonds is 5. The van der Waals surface area contributed by atoms with Crippen molar-refractivity contribution in [2.45, 2.75) is 19.3 Å². The monoisotopic (exact) mass is 467 g/mol. The van der Waals surface area contributed by atoms with Gasteiger partial charge in [-0.05, 0) is 49.2 Å². The Morgan fingerprint density at radius 1 is 0.692 bits per heavy atom. The van der Waals surface area contributed by atoms with E-state index in [0.717, 1.165) is 20.1 Å². The Labute approximate surface area is 175 Å². The lowest BCUT2D eigenvalue weighted by atomic mass is 9.73. The largest absolute Gasteiger partial charge is 1.00 e. The van der Waals surface area contributed by atoms with Gasteiger partial charge in [0.25, 0.3) is 0 Å². The molecule has 2 aromatic rings. The lowest BCUT2D eigenvalue weighted by Crippen LogP contribution is -3.00. The highest BCUT2D eigenvalue weighted by Crippen LogP contribution is 2.35. The van der Waals surface area contributed by atoms with Gasteiger partial charge in [0.05, 0.1) is 47.7 Å². The van der Waals surface area contributed by atoms with E-state index in [-0.39, 0.29) is 29.8 Å². The summed E-state index contributed by atoms with van der Waals surface area (Å²) in [5.74, 6) is 0.156. The van der Waals surface area contributed by atoms with Gasteiger partial charge < -0.3 is 24.0 Å². The molecule has 4 heteroatoms. The lowest BCUT2D eigenvalue weighted by molar-refractivity contribution is -0.120. The van der Waals surface area contributed by atoms with Gasteiger partial charge >= 0.3 is 0 Å². The molecule has 0 aliphatic rings. The quantitative estimate of drug-likeness (QED) is 0.474. The third-order valence-electron chi connectivity index (χ3n) is 5.14. The van der Waals surface area contributed by atoms with E-state index in [4.69, 9.17) is 0 Å². The van der Waals surface area contributed by atoms with Crippen molar-refractivity contribution in [2.24, 2.45) is 0 Å². The molecule has 0 amide bonds. The number of Topliss-reactive ketones (excluding diaryl/α,β-unsaturated/α-hetero) is 1. The first-order chi connectivity index (χ1) is 11.4. The van der Waals surface area contributed by atoms with E-state index in [1.165, 1.54) is 11.4 Å². The normalized spacial score (nSPS) is 12.5. The smallest absolute Gasteiger partial charge is 0.144 e. The fourth-order valence-corrected chi connectivity index (χ4v) is 3.06. The Morgan fingerprint density at radius 3 is 1.15 bits per heavy atom. The molecule has 26 heavy (non-hydrogen) atoms. The molecular weight excluding hydrogens is 435 g/mol. The molecular formula is C22H32IN2O+. The molecule has 0 atom stereocenters. The molecule has 142 valence electrons. The summed E-state index contributed by atoms with van der Waals surface area (Å²) in [6, 6.07) is 16.9. The van der Waals surface area contributed by atoms with Gasteiger partial charge in [-0.15, -0.1) is 0 Å². The second-order valence-corrected chi connectivity index (χ2v) is 8.80. The van der Waals surface area contributed by atoms with Crippen molar-refractivity contribution in [2.75, 3.05) is 42.3 Å². The minimum Gasteiger partial charge on any atom is -1.00 e. The maximum Gasteiger partial charge on any atom is 0.144 e. The van der Waals surface area contributed by atoms with Crippen molar-refractivity contribution in [1.82, 2.24) is 8.97 Å². The minimum atomic E-state index is -0.632. The standard InChI is InChI=1S/C22H32N2O.HI/c1-17(25)22(2,18-9-13-20(14-10-18)23(3,4)5)19-11-15-21(16-12-19)24(6,7)8;/h9-16H,1-8H3;1H/q+2;/p-1. The molecule has 3 nitrogen and oxygen atoms in total. The van der Waals surface area contributed by atoms with Gasteiger partial charge in [0, 0.05) is 0 Å². The molecule has 2 rings (SSSR count). The topological polar surface area (TPSA) is 17.1 Å². The van der Waals surface area contributed by atoms with Crippen LogP contribution in [0.25, 0.3) is 0 Å². The summed E-state index contributed by atoms with van der Waals surface area (Å²) in [4.78, 5) is 12.6. The van der Waals surface area contributed by atoms with Crippen molar-refractivity contribution < 1.29 is 28.8 Å². The van der Waals surface area contributed by atoms with Crippen molar-refractivity contribution in [3.63, 3.8) is 0 Å². The molecule has 0 aliphatic heterocycles. The Bertz CT molecular complexity index is 693. The number of ketones is 1. The highest BCUT2D eigenvalue weighted by Gasteiger charge is 2.34. The number of hydrogen-bond donors (Lipinski definition) is 0. The zero-order valence-corrected chi connectivity index (χ0v) is 19.5. The molecule has 2 aromatic carbocycles. The first-order valence-corrected chi connectivity index (χ1v) is 8.73. The van der Waals surface area contributed by atoms with E-state index in [1.54, 1.807) is 6.92 Å². The van der Waals surface area contributed by atoms with Crippen LogP contribution in [0.5, 0.6) is 0 Å². The average Bonchev–Trinajstić information content (AvgIpc) is 2.52. The van der Waals surface area contributed by atoms with Gasteiger partial charge in [0.15, 0.2) is 0 Å². The van der Waals surface area contributed by atoms with Crippen LogP contribution in [0.15, 0.2) is 48.5 Å². The van der Waals surface area contributed by atoms with Crippen LogP contribution in [0.3, 0.4) is 0 Å². The third kappa shape index (κ3) is 4.53. The summed E-state index contributed by atoms with van der Waals surface area (Å²) in [6.07, 6.45) is 0. The maximum absolute atomic E-state index is 12.6. The van der Waals surface area contributed by atoms with Gasteiger partial charge in [0.1, 0.15) is 17.2 Å². The molecule has 0 bridgehead atoms. The predicted molar refractivity (Wildman–Crippen MR) is 109 cm³/mol. The number of benzene rings is 2. The van der Waals surface area contributed by atoms with Crippen LogP contribution in [0.4, 0.5) is 11.4 Å². The van der Waals surface area contributed by atoms with E-state index in [0.29, 0.717) is 0 Å². The molecule has 0 aromatic heterocycles. The summed E-state index contributed by atoms with van der Waals surface area (Å²) in [5.41, 5.74) is 3.88. The maximum atomic E-state index is 12.6. The molecule has 0 unspecified atom stereocenters. The molecule has 0 fully saturated rings. The molecule has 0 radical (unpaired) electrons. The highest BCUT2D eigenvalue weighted by atomic mass is 127. The zero-order chi connectivity index (χ0) is 19.0. The second-order valence-electron chi connectivity index (χ2n) is 8.80. The molecule has 0 aliphatic carbocycles. The van der Waals surface area contributed by atoms with Gasteiger partial charge in [-0.2, -0.15) is 0 Å². The third-order valence-corrected chi connectivity index (χ3v) is 5.14. The van der Waals surface area contributed by atoms with Crippen LogP contribution in [0, 0.1) is 0 Å². The van der Waals surface area contributed by atoms with Crippen LogP contribution in [0.1, 0.15) is 25.0 Å². The van der Waals surface area contributed by atoms with E-state index >= 15 is 0 Å². The summed E-state index contributed by atoms with van der Waals surface area (Å²) >= 11 is 0. The lowest BCUT2D eigenvalue weighted by Gasteiger charge is -2.30. The fourth-order valence-electron chi connectivity index (χ4n) is 3.06. The van der Waals surface area contributed by atoms with Crippen LogP contribution in [-0.4, -0.2) is 48.1 Å². The van der Waals surface area contributed by atoms with Crippen LogP contribution in [0.2, 0.25) is 0 Å². The van der Waals surface area contributed by atoms with Crippen molar-refractivity contribution >= 4 is 17.2 Å². The number of halogens is 1. The van der Waals surface area contributed by atoms with E-state index in [2.05, 4.69) is 90.8 Å². The number of nitrogens with zero attached hydrogens (tertiary/aromatic N) is 2. The summed E-state index contributed by atoms with van der Waals surface area (Å²) in [5, 5.41) is 0. The molecule has 0 N–H and O–H groups in total. The van der Waals surface area contributed by atoms with Gasteiger partial charge in [-0.3, -0.25) is 13.8 Å². The van der Waals surface area contributed by atoms with Crippen molar-refractivity contribution in [3.05, 3.63) is 59.7 Å². The number of hydrogen-bond acceptors (Lipinski definition) is 1. The Hall–Kier alpha value is -1.24. The average molecular weight is 467 g/mol. The summed E-state index contributed by atoms with van der Waals surface area (Å²) in [7, 11) is 12.8. The highest BCUT2D eigenvalue weighted by molar-refractivity contribution is 5.91. The summed E-state index contributed by atoms with van der Waals surface area (Å²) < 4.78 is 1.52. The van der Waals surface area contributed by atoms with Crippen LogP contribution >= 0.6 is 0 Å². The number of carbonyl (C=O) groups is 1. The Balaban J connectivity index is 0.00000338. The van der Waals surface area contributed by atoms with Gasteiger partial charge in [-0.1, -0.05) is 24.3 Å². The van der Waals surface area contributed by atoms with Crippen molar-refractivity contribution in [1.29, 1.82) is 0 Å². The number of carbonyl (C=O) groups excluding carboxylic acids is 1. The Morgan fingerprint density at radius 2 is 0.962 bits per heavy atom. The minimum absolute atomic E-state index is 0. The van der Waals surface area contributed by atoms with Crippen LogP contribution in [-0.2, 0) is 10.2 Å². The first-order valence-electron chi connectivity index (χ1n) is 8.73. The second kappa shape index (κ2) is 7.79. The fraction of sp³-hybridized carbons (Fsp3) is 0.409. The molecule has 0 heterocycles. The molecule has 0 saturated carbocycles. The van der Waals surface area contributed by atoms with Crippen molar-refractivity contribution in [3.8, 4) is 0 Å². The number of quaternary nitrogens is 2. The van der Waals surface area contributed by atoms with Crippen LogP contribution < -0.4 is 32.9 Å². The SMILES string of the molecule is CC(=O)C(C)(c1ccc([N+](C)(C)C)cc1)c1ccc([N+](C)(C)C)cc1.[I-]. The first kappa shape index (κ1) is 22.8. The zero-order valence-electron chi connectivity index (χ0n) is 17.3. The van der Waals surface area contributed by atoms with E-state index in [1.807, 2.05) is 6.92 Å². The summed E-state index contributed by atoms with van der Waals surface area (Å²) in [6.45, 7) is 3.71. The van der Waals surface area contributed by atoms with Gasteiger partial charge in [-0.25, -0.2) is 0 Å². The predicted octanol–water partition coefficient (Wildman–Crippen LogP) is 0.979.